The summed E-state index contributed by atoms with van der Waals surface area (Å²) in [5.41, 5.74) is 1.86. The second-order valence-corrected chi connectivity index (χ2v) is 19.3. The van der Waals surface area contributed by atoms with Gasteiger partial charge in [-0.25, -0.2) is 0 Å². The molecule has 0 atom stereocenters. The molecule has 0 amide bonds. The highest BCUT2D eigenvalue weighted by atomic mass is 28.4. The molecule has 174 valence electrons. The molecule has 0 fully saturated rings. The minimum Gasteiger partial charge on any atom is -0.544 e. The Morgan fingerprint density at radius 3 is 1.39 bits per heavy atom. The molecule has 0 bridgehead atoms. The summed E-state index contributed by atoms with van der Waals surface area (Å²) in [6.45, 7) is 15.1. The van der Waals surface area contributed by atoms with Crippen molar-refractivity contribution in [1.29, 1.82) is 0 Å². The summed E-state index contributed by atoms with van der Waals surface area (Å²) in [4.78, 5) is 14.1. The van der Waals surface area contributed by atoms with Crippen molar-refractivity contribution in [1.82, 2.24) is 0 Å². The monoisotopic (exact) mass is 476 g/mol. The lowest BCUT2D eigenvalue weighted by Crippen LogP contribution is -2.37. The number of carbonyl (C=O) groups is 1. The zero-order valence-electron chi connectivity index (χ0n) is 20.9. The van der Waals surface area contributed by atoms with Gasteiger partial charge in [-0.05, 0) is 81.1 Å². The molecule has 0 saturated carbocycles. The SMILES string of the molecule is CCC(C(=O)c1ccccc1)(c1ccc(O[Si](C)(C)C)cc1)c1ccc(O[Si](C)(C)C)cc1. The fourth-order valence-corrected chi connectivity index (χ4v) is 5.84. The Hall–Kier alpha value is -2.64. The van der Waals surface area contributed by atoms with E-state index in [9.17, 15) is 4.79 Å². The van der Waals surface area contributed by atoms with Gasteiger partial charge in [-0.1, -0.05) is 61.5 Å². The second-order valence-electron chi connectivity index (χ2n) is 10.4. The van der Waals surface area contributed by atoms with Gasteiger partial charge in [0.1, 0.15) is 11.5 Å². The summed E-state index contributed by atoms with van der Waals surface area (Å²) in [7, 11) is -3.42. The largest absolute Gasteiger partial charge is 0.544 e. The summed E-state index contributed by atoms with van der Waals surface area (Å²) >= 11 is 0. The van der Waals surface area contributed by atoms with E-state index in [1.54, 1.807) is 0 Å². The molecule has 0 saturated heterocycles. The molecule has 33 heavy (non-hydrogen) atoms. The molecule has 0 radical (unpaired) electrons. The summed E-state index contributed by atoms with van der Waals surface area (Å²) < 4.78 is 12.3. The van der Waals surface area contributed by atoms with Gasteiger partial charge >= 0.3 is 0 Å². The van der Waals surface area contributed by atoms with Crippen molar-refractivity contribution in [3.05, 3.63) is 95.6 Å². The molecular weight excluding hydrogens is 440 g/mol. The van der Waals surface area contributed by atoms with E-state index in [0.29, 0.717) is 12.0 Å². The molecule has 3 rings (SSSR count). The molecule has 3 nitrogen and oxygen atoms in total. The van der Waals surface area contributed by atoms with Gasteiger partial charge in [-0.2, -0.15) is 0 Å². The number of ketones is 1. The van der Waals surface area contributed by atoms with Crippen molar-refractivity contribution < 1.29 is 13.6 Å². The Morgan fingerprint density at radius 1 is 0.667 bits per heavy atom. The lowest BCUT2D eigenvalue weighted by Gasteiger charge is -2.33. The van der Waals surface area contributed by atoms with E-state index >= 15 is 0 Å². The summed E-state index contributed by atoms with van der Waals surface area (Å²) in [5.74, 6) is 1.81. The van der Waals surface area contributed by atoms with Crippen LogP contribution in [0.3, 0.4) is 0 Å². The third-order valence-electron chi connectivity index (χ3n) is 5.50. The van der Waals surface area contributed by atoms with Gasteiger partial charge in [0.05, 0.1) is 5.41 Å². The van der Waals surface area contributed by atoms with Crippen LogP contribution in [0.1, 0.15) is 34.8 Å². The van der Waals surface area contributed by atoms with Crippen molar-refractivity contribution in [2.75, 3.05) is 0 Å². The van der Waals surface area contributed by atoms with E-state index < -0.39 is 22.0 Å². The highest BCUT2D eigenvalue weighted by Gasteiger charge is 2.41. The molecule has 3 aromatic carbocycles. The highest BCUT2D eigenvalue weighted by Crippen LogP contribution is 2.40. The van der Waals surface area contributed by atoms with Gasteiger partial charge < -0.3 is 8.85 Å². The Labute approximate surface area is 201 Å². The van der Waals surface area contributed by atoms with E-state index in [2.05, 4.69) is 46.2 Å². The predicted octanol–water partition coefficient (Wildman–Crippen LogP) is 7.69. The summed E-state index contributed by atoms with van der Waals surface area (Å²) in [6.07, 6.45) is 0.642. The Bertz CT molecular complexity index is 1000. The highest BCUT2D eigenvalue weighted by molar-refractivity contribution is 6.70. The average Bonchev–Trinajstić information content (AvgIpc) is 2.75. The Balaban J connectivity index is 2.11. The number of hydrogen-bond donors (Lipinski definition) is 0. The molecule has 0 aliphatic carbocycles. The zero-order chi connectivity index (χ0) is 24.3. The molecule has 0 aromatic heterocycles. The van der Waals surface area contributed by atoms with Gasteiger partial charge in [-0.15, -0.1) is 0 Å². The molecule has 0 aliphatic heterocycles. The fraction of sp³-hybridized carbons (Fsp3) is 0.321. The maximum absolute atomic E-state index is 14.1. The topological polar surface area (TPSA) is 35.5 Å². The van der Waals surface area contributed by atoms with Gasteiger partial charge in [0.25, 0.3) is 0 Å². The van der Waals surface area contributed by atoms with Crippen molar-refractivity contribution in [3.63, 3.8) is 0 Å². The molecule has 0 spiro atoms. The molecule has 5 heteroatoms. The van der Waals surface area contributed by atoms with E-state index in [1.165, 1.54) is 0 Å². The minimum atomic E-state index is -1.71. The molecule has 0 unspecified atom stereocenters. The van der Waals surface area contributed by atoms with E-state index in [0.717, 1.165) is 22.6 Å². The normalized spacial score (nSPS) is 12.3. The Kier molecular flexibility index (Phi) is 7.34. The number of carbonyl (C=O) groups excluding carboxylic acids is 1. The maximum Gasteiger partial charge on any atom is 0.242 e. The fourth-order valence-electron chi connectivity index (χ4n) is 4.16. The van der Waals surface area contributed by atoms with Crippen LogP contribution in [0.5, 0.6) is 11.5 Å². The van der Waals surface area contributed by atoms with Crippen LogP contribution in [0.4, 0.5) is 0 Å². The smallest absolute Gasteiger partial charge is 0.242 e. The van der Waals surface area contributed by atoms with Crippen LogP contribution in [-0.4, -0.2) is 22.4 Å². The number of benzene rings is 3. The third-order valence-corrected chi connectivity index (χ3v) is 7.19. The van der Waals surface area contributed by atoms with Gasteiger partial charge in [0.2, 0.25) is 16.6 Å². The summed E-state index contributed by atoms with van der Waals surface area (Å²) in [6, 6.07) is 25.8. The average molecular weight is 477 g/mol. The molecule has 3 aromatic rings. The standard InChI is InChI=1S/C28H36O3Si2/c1-8-28(27(29)22-12-10-9-11-13-22,23-14-18-25(19-15-23)30-32(2,3)4)24-16-20-26(21-17-24)31-33(5,6)7/h9-21H,8H2,1-7H3. The summed E-state index contributed by atoms with van der Waals surface area (Å²) in [5, 5.41) is 0. The van der Waals surface area contributed by atoms with Crippen LogP contribution in [0.15, 0.2) is 78.9 Å². The van der Waals surface area contributed by atoms with E-state index in [4.69, 9.17) is 8.85 Å². The Morgan fingerprint density at radius 2 is 1.06 bits per heavy atom. The van der Waals surface area contributed by atoms with Crippen LogP contribution < -0.4 is 8.85 Å². The van der Waals surface area contributed by atoms with Crippen molar-refractivity contribution in [3.8, 4) is 11.5 Å². The lowest BCUT2D eigenvalue weighted by atomic mass is 9.68. The van der Waals surface area contributed by atoms with E-state index in [1.807, 2.05) is 78.9 Å². The van der Waals surface area contributed by atoms with Crippen LogP contribution in [-0.2, 0) is 5.41 Å². The lowest BCUT2D eigenvalue weighted by molar-refractivity contribution is 0.0908. The quantitative estimate of drug-likeness (QED) is 0.234. The van der Waals surface area contributed by atoms with Gasteiger partial charge in [0.15, 0.2) is 5.78 Å². The minimum absolute atomic E-state index is 0.100. The second kappa shape index (κ2) is 9.69. The first-order chi connectivity index (χ1) is 15.4. The van der Waals surface area contributed by atoms with E-state index in [-0.39, 0.29) is 5.78 Å². The third kappa shape index (κ3) is 6.03. The molecule has 0 heterocycles. The number of hydrogen-bond acceptors (Lipinski definition) is 3. The van der Waals surface area contributed by atoms with Crippen LogP contribution >= 0.6 is 0 Å². The van der Waals surface area contributed by atoms with Crippen LogP contribution in [0, 0.1) is 0 Å². The first kappa shape index (κ1) is 25.0. The molecule has 0 N–H and O–H groups in total. The van der Waals surface area contributed by atoms with Gasteiger partial charge in [-0.3, -0.25) is 4.79 Å². The first-order valence-electron chi connectivity index (χ1n) is 11.6. The van der Waals surface area contributed by atoms with Crippen molar-refractivity contribution in [2.24, 2.45) is 0 Å². The predicted molar refractivity (Wildman–Crippen MR) is 143 cm³/mol. The number of Topliss-reactive ketones (excluding diaryl/α,β-unsaturated/α-hetero) is 1. The molecular formula is C28H36O3Si2. The first-order valence-corrected chi connectivity index (χ1v) is 18.5. The maximum atomic E-state index is 14.1. The zero-order valence-corrected chi connectivity index (χ0v) is 22.9. The van der Waals surface area contributed by atoms with Crippen molar-refractivity contribution >= 4 is 22.4 Å². The van der Waals surface area contributed by atoms with Crippen LogP contribution in [0.25, 0.3) is 0 Å². The molecule has 0 aliphatic rings. The number of rotatable bonds is 9. The van der Waals surface area contributed by atoms with Crippen LogP contribution in [0.2, 0.25) is 39.3 Å². The van der Waals surface area contributed by atoms with Gasteiger partial charge in [0, 0.05) is 5.56 Å². The van der Waals surface area contributed by atoms with Crippen molar-refractivity contribution in [2.45, 2.75) is 58.0 Å².